The molecule has 18 heavy (non-hydrogen) atoms. The lowest BCUT2D eigenvalue weighted by atomic mass is 10.2. The lowest BCUT2D eigenvalue weighted by molar-refractivity contribution is 0.112. The highest BCUT2D eigenvalue weighted by atomic mass is 79.9. The highest BCUT2D eigenvalue weighted by Gasteiger charge is 2.08. The fourth-order valence-corrected chi connectivity index (χ4v) is 2.16. The fourth-order valence-electron chi connectivity index (χ4n) is 1.51. The van der Waals surface area contributed by atoms with Gasteiger partial charge in [0.1, 0.15) is 11.5 Å². The number of hydrogen-bond acceptors (Lipinski definition) is 2. The molecule has 0 saturated heterocycles. The number of aldehydes is 1. The zero-order valence-corrected chi connectivity index (χ0v) is 12.0. The minimum Gasteiger partial charge on any atom is -0.455 e. The second kappa shape index (κ2) is 5.55. The summed E-state index contributed by atoms with van der Waals surface area (Å²) in [7, 11) is 0. The Kier molecular flexibility index (Phi) is 4.04. The number of carbonyl (C=O) groups excluding carboxylic acids is 1. The molecule has 0 aliphatic heterocycles. The molecule has 0 atom stereocenters. The number of rotatable bonds is 3. The van der Waals surface area contributed by atoms with Gasteiger partial charge in [-0.05, 0) is 42.8 Å². The van der Waals surface area contributed by atoms with Gasteiger partial charge in [0.25, 0.3) is 0 Å². The van der Waals surface area contributed by atoms with E-state index in [0.29, 0.717) is 22.1 Å². The Morgan fingerprint density at radius 1 is 1.17 bits per heavy atom. The number of hydrogen-bond donors (Lipinski definition) is 0. The van der Waals surface area contributed by atoms with Crippen LogP contribution in [-0.2, 0) is 0 Å². The number of carbonyl (C=O) groups is 1. The zero-order chi connectivity index (χ0) is 13.1. The molecule has 0 aromatic heterocycles. The van der Waals surface area contributed by atoms with Gasteiger partial charge in [-0.25, -0.2) is 0 Å². The summed E-state index contributed by atoms with van der Waals surface area (Å²) in [5.74, 6) is 1.02. The minimum absolute atomic E-state index is 0.473. The molecule has 0 aliphatic carbocycles. The Morgan fingerprint density at radius 2 is 1.89 bits per heavy atom. The molecule has 0 bridgehead atoms. The summed E-state index contributed by atoms with van der Waals surface area (Å²) in [5.41, 5.74) is 1.53. The maximum atomic E-state index is 11.0. The average Bonchev–Trinajstić information content (AvgIpc) is 2.34. The summed E-state index contributed by atoms with van der Waals surface area (Å²) >= 11 is 9.39. The third-order valence-electron chi connectivity index (χ3n) is 2.41. The van der Waals surface area contributed by atoms with Crippen molar-refractivity contribution in [3.05, 3.63) is 57.0 Å². The van der Waals surface area contributed by atoms with Crippen molar-refractivity contribution in [2.45, 2.75) is 6.92 Å². The van der Waals surface area contributed by atoms with Gasteiger partial charge < -0.3 is 4.74 Å². The van der Waals surface area contributed by atoms with Crippen molar-refractivity contribution < 1.29 is 9.53 Å². The first-order valence-corrected chi connectivity index (χ1v) is 6.46. The van der Waals surface area contributed by atoms with Crippen molar-refractivity contribution in [3.8, 4) is 11.5 Å². The van der Waals surface area contributed by atoms with Gasteiger partial charge in [0.15, 0.2) is 6.29 Å². The molecule has 0 fully saturated rings. The van der Waals surface area contributed by atoms with E-state index < -0.39 is 0 Å². The first-order valence-electron chi connectivity index (χ1n) is 5.29. The van der Waals surface area contributed by atoms with Crippen molar-refractivity contribution in [1.29, 1.82) is 0 Å². The quantitative estimate of drug-likeness (QED) is 0.741. The normalized spacial score (nSPS) is 10.2. The maximum Gasteiger partial charge on any atom is 0.153 e. The first-order chi connectivity index (χ1) is 8.60. The second-order valence-electron chi connectivity index (χ2n) is 3.84. The monoisotopic (exact) mass is 324 g/mol. The van der Waals surface area contributed by atoms with Crippen LogP contribution in [0, 0.1) is 6.92 Å². The van der Waals surface area contributed by atoms with Crippen molar-refractivity contribution in [2.24, 2.45) is 0 Å². The Labute approximate surface area is 119 Å². The lowest BCUT2D eigenvalue weighted by Gasteiger charge is -2.10. The molecule has 4 heteroatoms. The van der Waals surface area contributed by atoms with Crippen molar-refractivity contribution in [1.82, 2.24) is 0 Å². The third-order valence-corrected chi connectivity index (χ3v) is 3.19. The lowest BCUT2D eigenvalue weighted by Crippen LogP contribution is -1.91. The Bertz CT molecular complexity index is 596. The van der Waals surface area contributed by atoms with Crippen LogP contribution in [0.15, 0.2) is 40.9 Å². The van der Waals surface area contributed by atoms with Crippen LogP contribution in [0.25, 0.3) is 0 Å². The summed E-state index contributed by atoms with van der Waals surface area (Å²) in [4.78, 5) is 11.0. The first kappa shape index (κ1) is 13.1. The number of ether oxygens (including phenoxy) is 1. The maximum absolute atomic E-state index is 11.0. The third kappa shape index (κ3) is 2.92. The predicted octanol–water partition coefficient (Wildman–Crippen LogP) is 5.02. The van der Waals surface area contributed by atoms with E-state index in [1.165, 1.54) is 0 Å². The van der Waals surface area contributed by atoms with Gasteiger partial charge >= 0.3 is 0 Å². The molecule has 0 aliphatic rings. The number of aryl methyl sites for hydroxylation is 1. The number of halogens is 2. The van der Waals surface area contributed by atoms with Gasteiger partial charge in [-0.1, -0.05) is 33.6 Å². The molecule has 2 nitrogen and oxygen atoms in total. The van der Waals surface area contributed by atoms with Gasteiger partial charge in [-0.3, -0.25) is 4.79 Å². The Balaban J connectivity index is 2.36. The molecule has 0 unspecified atom stereocenters. The molecule has 2 rings (SSSR count). The summed E-state index contributed by atoms with van der Waals surface area (Å²) in [6.07, 6.45) is 0.752. The molecule has 2 aromatic carbocycles. The molecule has 2 aromatic rings. The van der Waals surface area contributed by atoms with Crippen LogP contribution in [0.3, 0.4) is 0 Å². The van der Waals surface area contributed by atoms with E-state index in [1.54, 1.807) is 18.2 Å². The van der Waals surface area contributed by atoms with E-state index in [1.807, 2.05) is 25.1 Å². The van der Waals surface area contributed by atoms with Gasteiger partial charge in [0, 0.05) is 4.47 Å². The molecule has 0 amide bonds. The SMILES string of the molecule is Cc1ccc(Oc2ccc(Br)cc2C=O)c(Cl)c1. The molecular formula is C14H10BrClO2. The van der Waals surface area contributed by atoms with Crippen LogP contribution in [0.1, 0.15) is 15.9 Å². The fraction of sp³-hybridized carbons (Fsp3) is 0.0714. The topological polar surface area (TPSA) is 26.3 Å². The molecule has 0 radical (unpaired) electrons. The molecule has 0 saturated carbocycles. The highest BCUT2D eigenvalue weighted by molar-refractivity contribution is 9.10. The van der Waals surface area contributed by atoms with Crippen LogP contribution in [-0.4, -0.2) is 6.29 Å². The molecule has 92 valence electrons. The average molecular weight is 326 g/mol. The zero-order valence-electron chi connectivity index (χ0n) is 9.61. The van der Waals surface area contributed by atoms with E-state index in [-0.39, 0.29) is 0 Å². The summed E-state index contributed by atoms with van der Waals surface area (Å²) < 4.78 is 6.48. The van der Waals surface area contributed by atoms with E-state index in [0.717, 1.165) is 16.3 Å². The summed E-state index contributed by atoms with van der Waals surface area (Å²) in [6, 6.07) is 10.7. The van der Waals surface area contributed by atoms with Crippen molar-refractivity contribution in [2.75, 3.05) is 0 Å². The molecule has 0 N–H and O–H groups in total. The second-order valence-corrected chi connectivity index (χ2v) is 5.16. The van der Waals surface area contributed by atoms with Crippen LogP contribution < -0.4 is 4.74 Å². The molecule has 0 spiro atoms. The largest absolute Gasteiger partial charge is 0.455 e. The highest BCUT2D eigenvalue weighted by Crippen LogP contribution is 2.32. The van der Waals surface area contributed by atoms with Crippen molar-refractivity contribution in [3.63, 3.8) is 0 Å². The van der Waals surface area contributed by atoms with E-state index in [9.17, 15) is 4.79 Å². The number of benzene rings is 2. The predicted molar refractivity (Wildman–Crippen MR) is 75.8 cm³/mol. The van der Waals surface area contributed by atoms with Gasteiger partial charge in [0.05, 0.1) is 10.6 Å². The summed E-state index contributed by atoms with van der Waals surface area (Å²) in [5, 5.41) is 0.523. The summed E-state index contributed by atoms with van der Waals surface area (Å²) in [6.45, 7) is 1.95. The standard InChI is InChI=1S/C14H10BrClO2/c1-9-2-4-14(12(16)6-9)18-13-5-3-11(15)7-10(13)8-17/h2-8H,1H3. The molecule has 0 heterocycles. The Hall–Kier alpha value is -1.32. The van der Waals surface area contributed by atoms with E-state index in [2.05, 4.69) is 15.9 Å². The van der Waals surface area contributed by atoms with Crippen LogP contribution in [0.2, 0.25) is 5.02 Å². The van der Waals surface area contributed by atoms with Gasteiger partial charge in [-0.2, -0.15) is 0 Å². The smallest absolute Gasteiger partial charge is 0.153 e. The minimum atomic E-state index is 0.473. The van der Waals surface area contributed by atoms with Crippen LogP contribution in [0.5, 0.6) is 11.5 Å². The van der Waals surface area contributed by atoms with Crippen LogP contribution >= 0.6 is 27.5 Å². The van der Waals surface area contributed by atoms with Gasteiger partial charge in [0.2, 0.25) is 0 Å². The van der Waals surface area contributed by atoms with E-state index in [4.69, 9.17) is 16.3 Å². The van der Waals surface area contributed by atoms with Gasteiger partial charge in [-0.15, -0.1) is 0 Å². The van der Waals surface area contributed by atoms with Crippen LogP contribution in [0.4, 0.5) is 0 Å². The molecular weight excluding hydrogens is 316 g/mol. The van der Waals surface area contributed by atoms with Crippen molar-refractivity contribution >= 4 is 33.8 Å². The van der Waals surface area contributed by atoms with E-state index >= 15 is 0 Å². The Morgan fingerprint density at radius 3 is 2.56 bits per heavy atom.